The van der Waals surface area contributed by atoms with Crippen LogP contribution in [0.15, 0.2) is 24.3 Å². The SMILES string of the molecule is COC(=O)C(C)(C)COc1ccc(CC(C)N)cc1. The van der Waals surface area contributed by atoms with Gasteiger partial charge in [-0.2, -0.15) is 0 Å². The maximum Gasteiger partial charge on any atom is 0.314 e. The van der Waals surface area contributed by atoms with Crippen LogP contribution in [-0.2, 0) is 16.0 Å². The van der Waals surface area contributed by atoms with Crippen molar-refractivity contribution in [2.45, 2.75) is 33.2 Å². The molecular weight excluding hydrogens is 242 g/mol. The Morgan fingerprint density at radius 1 is 1.32 bits per heavy atom. The van der Waals surface area contributed by atoms with Crippen LogP contribution in [0.25, 0.3) is 0 Å². The first-order valence-corrected chi connectivity index (χ1v) is 6.41. The van der Waals surface area contributed by atoms with E-state index >= 15 is 0 Å². The van der Waals surface area contributed by atoms with Gasteiger partial charge >= 0.3 is 5.97 Å². The first-order chi connectivity index (χ1) is 8.85. The van der Waals surface area contributed by atoms with Crippen LogP contribution in [0.1, 0.15) is 26.3 Å². The Bertz CT molecular complexity index is 410. The van der Waals surface area contributed by atoms with Crippen LogP contribution >= 0.6 is 0 Å². The number of ether oxygens (including phenoxy) is 2. The second-order valence-electron chi connectivity index (χ2n) is 5.49. The summed E-state index contributed by atoms with van der Waals surface area (Å²) in [5, 5.41) is 0. The predicted octanol–water partition coefficient (Wildman–Crippen LogP) is 2.15. The molecule has 0 amide bonds. The summed E-state index contributed by atoms with van der Waals surface area (Å²) in [7, 11) is 1.38. The Labute approximate surface area is 114 Å². The molecule has 0 radical (unpaired) electrons. The van der Waals surface area contributed by atoms with Gasteiger partial charge in [-0.1, -0.05) is 12.1 Å². The highest BCUT2D eigenvalue weighted by Crippen LogP contribution is 2.20. The summed E-state index contributed by atoms with van der Waals surface area (Å²) in [5.74, 6) is 0.464. The molecule has 2 N–H and O–H groups in total. The molecule has 0 heterocycles. The average Bonchev–Trinajstić information content (AvgIpc) is 2.36. The van der Waals surface area contributed by atoms with Crippen molar-refractivity contribution in [1.82, 2.24) is 0 Å². The van der Waals surface area contributed by atoms with Crippen molar-refractivity contribution in [3.8, 4) is 5.75 Å². The summed E-state index contributed by atoms with van der Waals surface area (Å²) in [6, 6.07) is 7.91. The van der Waals surface area contributed by atoms with Crippen molar-refractivity contribution >= 4 is 5.97 Å². The Hall–Kier alpha value is -1.55. The fraction of sp³-hybridized carbons (Fsp3) is 0.533. The van der Waals surface area contributed by atoms with E-state index in [1.54, 1.807) is 13.8 Å². The van der Waals surface area contributed by atoms with E-state index in [1.165, 1.54) is 12.7 Å². The lowest BCUT2D eigenvalue weighted by atomic mass is 9.95. The molecule has 1 atom stereocenters. The number of hydrogen-bond acceptors (Lipinski definition) is 4. The minimum Gasteiger partial charge on any atom is -0.492 e. The molecule has 0 bridgehead atoms. The molecule has 0 saturated heterocycles. The van der Waals surface area contributed by atoms with Crippen molar-refractivity contribution in [1.29, 1.82) is 0 Å². The van der Waals surface area contributed by atoms with E-state index in [0.29, 0.717) is 0 Å². The minimum absolute atomic E-state index is 0.144. The first kappa shape index (κ1) is 15.5. The van der Waals surface area contributed by atoms with Crippen LogP contribution < -0.4 is 10.5 Å². The topological polar surface area (TPSA) is 61.5 Å². The van der Waals surface area contributed by atoms with Crippen LogP contribution in [0.5, 0.6) is 5.75 Å². The molecule has 1 unspecified atom stereocenters. The minimum atomic E-state index is -0.654. The van der Waals surface area contributed by atoms with Gasteiger partial charge in [0.2, 0.25) is 0 Å². The van der Waals surface area contributed by atoms with Gasteiger partial charge in [-0.05, 0) is 44.9 Å². The number of methoxy groups -OCH3 is 1. The highest BCUT2D eigenvalue weighted by Gasteiger charge is 2.29. The van der Waals surface area contributed by atoms with Gasteiger partial charge in [0.15, 0.2) is 0 Å². The van der Waals surface area contributed by atoms with Crippen LogP contribution in [0, 0.1) is 5.41 Å². The van der Waals surface area contributed by atoms with Gasteiger partial charge < -0.3 is 15.2 Å². The molecule has 106 valence electrons. The average molecular weight is 265 g/mol. The number of carbonyl (C=O) groups excluding carboxylic acids is 1. The van der Waals surface area contributed by atoms with Crippen LogP contribution in [-0.4, -0.2) is 25.7 Å². The number of esters is 1. The molecule has 0 fully saturated rings. The summed E-state index contributed by atoms with van der Waals surface area (Å²) >= 11 is 0. The number of rotatable bonds is 6. The highest BCUT2D eigenvalue weighted by molar-refractivity contribution is 5.75. The lowest BCUT2D eigenvalue weighted by Gasteiger charge is -2.21. The van der Waals surface area contributed by atoms with E-state index < -0.39 is 5.41 Å². The zero-order chi connectivity index (χ0) is 14.5. The van der Waals surface area contributed by atoms with Crippen molar-refractivity contribution in [3.63, 3.8) is 0 Å². The molecule has 1 rings (SSSR count). The van der Waals surface area contributed by atoms with Crippen molar-refractivity contribution < 1.29 is 14.3 Å². The molecule has 19 heavy (non-hydrogen) atoms. The van der Waals surface area contributed by atoms with Crippen LogP contribution in [0.2, 0.25) is 0 Å². The normalized spacial score (nSPS) is 12.9. The molecule has 0 saturated carbocycles. The van der Waals surface area contributed by atoms with E-state index in [1.807, 2.05) is 31.2 Å². The molecule has 4 heteroatoms. The monoisotopic (exact) mass is 265 g/mol. The molecule has 0 spiro atoms. The standard InChI is InChI=1S/C15H23NO3/c1-11(16)9-12-5-7-13(8-6-12)19-10-15(2,3)14(17)18-4/h5-8,11H,9-10,16H2,1-4H3. The third-order valence-electron chi connectivity index (χ3n) is 2.82. The highest BCUT2D eigenvalue weighted by atomic mass is 16.5. The van der Waals surface area contributed by atoms with Crippen molar-refractivity contribution in [3.05, 3.63) is 29.8 Å². The van der Waals surface area contributed by atoms with E-state index in [4.69, 9.17) is 15.2 Å². The fourth-order valence-corrected chi connectivity index (χ4v) is 1.69. The zero-order valence-electron chi connectivity index (χ0n) is 12.1. The summed E-state index contributed by atoms with van der Waals surface area (Å²) < 4.78 is 10.4. The maximum atomic E-state index is 11.5. The molecule has 1 aromatic rings. The Morgan fingerprint density at radius 3 is 2.37 bits per heavy atom. The number of carbonyl (C=O) groups is 1. The lowest BCUT2D eigenvalue weighted by molar-refractivity contribution is -0.152. The fourth-order valence-electron chi connectivity index (χ4n) is 1.69. The quantitative estimate of drug-likeness (QED) is 0.801. The number of hydrogen-bond donors (Lipinski definition) is 1. The van der Waals surface area contributed by atoms with E-state index in [2.05, 4.69) is 0 Å². The van der Waals surface area contributed by atoms with Gasteiger partial charge in [-0.25, -0.2) is 0 Å². The summed E-state index contributed by atoms with van der Waals surface area (Å²) in [6.45, 7) is 5.85. The van der Waals surface area contributed by atoms with Crippen LogP contribution in [0.4, 0.5) is 0 Å². The van der Waals surface area contributed by atoms with Gasteiger partial charge in [0, 0.05) is 6.04 Å². The molecular formula is C15H23NO3. The van der Waals surface area contributed by atoms with Gasteiger partial charge in [0.05, 0.1) is 12.5 Å². The maximum absolute atomic E-state index is 11.5. The first-order valence-electron chi connectivity index (χ1n) is 6.41. The van der Waals surface area contributed by atoms with Crippen molar-refractivity contribution in [2.75, 3.05) is 13.7 Å². The third kappa shape index (κ3) is 4.91. The van der Waals surface area contributed by atoms with E-state index in [0.717, 1.165) is 12.2 Å². The molecule has 4 nitrogen and oxygen atoms in total. The predicted molar refractivity (Wildman–Crippen MR) is 75.1 cm³/mol. The summed E-state index contributed by atoms with van der Waals surface area (Å²) in [6.07, 6.45) is 0.841. The number of benzene rings is 1. The lowest BCUT2D eigenvalue weighted by Crippen LogP contribution is -2.32. The molecule has 0 aliphatic rings. The van der Waals surface area contributed by atoms with E-state index in [-0.39, 0.29) is 18.6 Å². The van der Waals surface area contributed by atoms with Gasteiger partial charge in [-0.15, -0.1) is 0 Å². The molecule has 0 aliphatic heterocycles. The van der Waals surface area contributed by atoms with Crippen molar-refractivity contribution in [2.24, 2.45) is 11.1 Å². The molecule has 1 aromatic carbocycles. The third-order valence-corrected chi connectivity index (χ3v) is 2.82. The molecule has 0 aromatic heterocycles. The Kier molecular flexibility index (Phi) is 5.36. The summed E-state index contributed by atoms with van der Waals surface area (Å²) in [4.78, 5) is 11.5. The Balaban J connectivity index is 2.57. The second-order valence-corrected chi connectivity index (χ2v) is 5.49. The van der Waals surface area contributed by atoms with Gasteiger partial charge in [0.25, 0.3) is 0 Å². The molecule has 0 aliphatic carbocycles. The second kappa shape index (κ2) is 6.57. The van der Waals surface area contributed by atoms with E-state index in [9.17, 15) is 4.79 Å². The van der Waals surface area contributed by atoms with Gasteiger partial charge in [0.1, 0.15) is 12.4 Å². The Morgan fingerprint density at radius 2 is 1.89 bits per heavy atom. The zero-order valence-corrected chi connectivity index (χ0v) is 12.1. The van der Waals surface area contributed by atoms with Gasteiger partial charge in [-0.3, -0.25) is 4.79 Å². The largest absolute Gasteiger partial charge is 0.492 e. The summed E-state index contributed by atoms with van der Waals surface area (Å²) in [5.41, 5.74) is 6.27. The smallest absolute Gasteiger partial charge is 0.314 e. The van der Waals surface area contributed by atoms with Crippen LogP contribution in [0.3, 0.4) is 0 Å². The number of nitrogens with two attached hydrogens (primary N) is 1.